The molecule has 2 fully saturated rings. The van der Waals surface area contributed by atoms with Crippen LogP contribution in [0.2, 0.25) is 0 Å². The van der Waals surface area contributed by atoms with E-state index in [4.69, 9.17) is 4.74 Å². The first-order valence-corrected chi connectivity index (χ1v) is 15.1. The number of carbonyl (C=O) groups is 1. The lowest BCUT2D eigenvalue weighted by molar-refractivity contribution is -0.116. The summed E-state index contributed by atoms with van der Waals surface area (Å²) in [7, 11) is 1.63. The van der Waals surface area contributed by atoms with Crippen LogP contribution in [0.1, 0.15) is 30.4 Å². The van der Waals surface area contributed by atoms with E-state index in [2.05, 4.69) is 44.3 Å². The van der Waals surface area contributed by atoms with Gasteiger partial charge in [-0.3, -0.25) is 14.6 Å². The van der Waals surface area contributed by atoms with Crippen molar-refractivity contribution in [2.45, 2.75) is 44.2 Å². The Hall–Kier alpha value is -3.42. The zero-order valence-corrected chi connectivity index (χ0v) is 24.0. The highest BCUT2D eigenvalue weighted by Gasteiger charge is 2.38. The average Bonchev–Trinajstić information content (AvgIpc) is 3.45. The van der Waals surface area contributed by atoms with E-state index < -0.39 is 0 Å². The number of likely N-dealkylation sites (tertiary alicyclic amines) is 1. The van der Waals surface area contributed by atoms with Crippen molar-refractivity contribution < 1.29 is 13.9 Å². The lowest BCUT2D eigenvalue weighted by Gasteiger charge is -2.48. The van der Waals surface area contributed by atoms with Crippen LogP contribution in [0.4, 0.5) is 15.8 Å². The Morgan fingerprint density at radius 1 is 0.902 bits per heavy atom. The second-order valence-electron chi connectivity index (χ2n) is 11.7. The summed E-state index contributed by atoms with van der Waals surface area (Å²) in [4.78, 5) is 20.5. The second-order valence-corrected chi connectivity index (χ2v) is 11.7. The number of piperidine rings is 1. The van der Waals surface area contributed by atoms with Crippen molar-refractivity contribution in [3.63, 3.8) is 0 Å². The van der Waals surface area contributed by atoms with Crippen LogP contribution >= 0.6 is 0 Å². The molecule has 0 aromatic heterocycles. The monoisotopic (exact) mass is 556 g/mol. The van der Waals surface area contributed by atoms with Gasteiger partial charge in [0.25, 0.3) is 0 Å². The molecule has 2 saturated heterocycles. The van der Waals surface area contributed by atoms with Crippen molar-refractivity contribution in [3.05, 3.63) is 89.7 Å². The van der Waals surface area contributed by atoms with Gasteiger partial charge in [-0.25, -0.2) is 4.39 Å². The van der Waals surface area contributed by atoms with Crippen LogP contribution in [0.3, 0.4) is 0 Å². The molecule has 0 bridgehead atoms. The van der Waals surface area contributed by atoms with E-state index in [9.17, 15) is 9.18 Å². The van der Waals surface area contributed by atoms with E-state index in [0.29, 0.717) is 30.1 Å². The lowest BCUT2D eigenvalue weighted by Crippen LogP contribution is -2.58. The zero-order chi connectivity index (χ0) is 28.2. The Balaban J connectivity index is 1.11. The van der Waals surface area contributed by atoms with E-state index >= 15 is 0 Å². The van der Waals surface area contributed by atoms with Crippen molar-refractivity contribution in [3.8, 4) is 5.75 Å². The number of methoxy groups -OCH3 is 1. The largest absolute Gasteiger partial charge is 0.497 e. The number of fused-ring (bicyclic) bond motifs is 1. The number of benzene rings is 3. The molecule has 2 atom stereocenters. The molecule has 2 heterocycles. The third-order valence-electron chi connectivity index (χ3n) is 9.34. The summed E-state index contributed by atoms with van der Waals surface area (Å²) < 4.78 is 19.8. The van der Waals surface area contributed by atoms with E-state index in [1.165, 1.54) is 11.1 Å². The number of para-hydroxylation sites is 1. The molecule has 0 spiro atoms. The quantitative estimate of drug-likeness (QED) is 0.412. The molecule has 6 rings (SSSR count). The fourth-order valence-electron chi connectivity index (χ4n) is 7.18. The number of hydrogen-bond acceptors (Lipinski definition) is 5. The van der Waals surface area contributed by atoms with E-state index in [-0.39, 0.29) is 11.7 Å². The van der Waals surface area contributed by atoms with Crippen LogP contribution in [0, 0.1) is 11.7 Å². The maximum absolute atomic E-state index is 14.4. The zero-order valence-electron chi connectivity index (χ0n) is 24.0. The summed E-state index contributed by atoms with van der Waals surface area (Å²) in [5, 5.41) is 3.07. The Morgan fingerprint density at radius 2 is 1.63 bits per heavy atom. The number of piperazine rings is 1. The number of nitrogens with one attached hydrogen (secondary N) is 1. The highest BCUT2D eigenvalue weighted by atomic mass is 19.1. The van der Waals surface area contributed by atoms with Crippen molar-refractivity contribution in [1.29, 1.82) is 0 Å². The van der Waals surface area contributed by atoms with Gasteiger partial charge in [-0.2, -0.15) is 0 Å². The van der Waals surface area contributed by atoms with Crippen LogP contribution in [-0.2, 0) is 17.6 Å². The van der Waals surface area contributed by atoms with Gasteiger partial charge in [0.05, 0.1) is 12.8 Å². The van der Waals surface area contributed by atoms with Crippen molar-refractivity contribution >= 4 is 17.3 Å². The molecule has 1 aliphatic carbocycles. The molecule has 1 amide bonds. The van der Waals surface area contributed by atoms with Gasteiger partial charge in [-0.15, -0.1) is 0 Å². The molecular weight excluding hydrogens is 515 g/mol. The molecule has 3 aromatic rings. The maximum Gasteiger partial charge on any atom is 0.224 e. The minimum atomic E-state index is -0.147. The fourth-order valence-corrected chi connectivity index (χ4v) is 7.18. The number of ether oxygens (including phenoxy) is 1. The second kappa shape index (κ2) is 12.6. The molecule has 3 aromatic carbocycles. The van der Waals surface area contributed by atoms with Gasteiger partial charge in [0.2, 0.25) is 5.91 Å². The standard InChI is InChI=1S/C34H41FN4O2/c1-41-30-10-6-9-28(23-30)36-34(40)14-13-27-24-39(29-21-25-7-2-3-8-26(25)22-29)16-15-32(27)37-17-19-38(20-18-37)33-12-5-4-11-31(33)35/h2-12,23,27,29,32H,13-22,24H2,1H3,(H,36,40)/t27-,32+/m1/s1. The Morgan fingerprint density at radius 3 is 2.37 bits per heavy atom. The maximum atomic E-state index is 14.4. The third-order valence-corrected chi connectivity index (χ3v) is 9.34. The van der Waals surface area contributed by atoms with Gasteiger partial charge < -0.3 is 15.0 Å². The van der Waals surface area contributed by atoms with Crippen LogP contribution in [0.25, 0.3) is 0 Å². The SMILES string of the molecule is COc1cccc(NC(=O)CC[C@@H]2CN(C3Cc4ccccc4C3)CC[C@@H]2N2CCN(c3ccccc3F)CC2)c1. The molecule has 1 N–H and O–H groups in total. The van der Waals surface area contributed by atoms with Crippen LogP contribution < -0.4 is 15.0 Å². The first-order valence-electron chi connectivity index (χ1n) is 15.1. The minimum Gasteiger partial charge on any atom is -0.497 e. The highest BCUT2D eigenvalue weighted by Crippen LogP contribution is 2.33. The molecule has 6 nitrogen and oxygen atoms in total. The van der Waals surface area contributed by atoms with Gasteiger partial charge in [0.15, 0.2) is 0 Å². The summed E-state index contributed by atoms with van der Waals surface area (Å²) >= 11 is 0. The van der Waals surface area contributed by atoms with E-state index in [1.54, 1.807) is 19.2 Å². The molecular formula is C34H41FN4O2. The van der Waals surface area contributed by atoms with E-state index in [1.807, 2.05) is 36.4 Å². The third kappa shape index (κ3) is 6.41. The summed E-state index contributed by atoms with van der Waals surface area (Å²) in [6.07, 6.45) is 4.68. The smallest absolute Gasteiger partial charge is 0.224 e. The molecule has 0 saturated carbocycles. The first kappa shape index (κ1) is 27.7. The average molecular weight is 557 g/mol. The molecule has 3 aliphatic rings. The fraction of sp³-hybridized carbons (Fsp3) is 0.441. The van der Waals surface area contributed by atoms with Crippen molar-refractivity contribution in [2.75, 3.05) is 56.6 Å². The predicted molar refractivity (Wildman–Crippen MR) is 162 cm³/mol. The number of nitrogens with zero attached hydrogens (tertiary/aromatic N) is 3. The van der Waals surface area contributed by atoms with E-state index in [0.717, 1.165) is 76.4 Å². The molecule has 2 aliphatic heterocycles. The first-order chi connectivity index (χ1) is 20.1. The topological polar surface area (TPSA) is 48.1 Å². The normalized spacial score (nSPS) is 22.0. The van der Waals surface area contributed by atoms with Crippen LogP contribution in [0.15, 0.2) is 72.8 Å². The molecule has 0 radical (unpaired) electrons. The number of anilines is 2. The Kier molecular flexibility index (Phi) is 8.54. The molecule has 41 heavy (non-hydrogen) atoms. The predicted octanol–water partition coefficient (Wildman–Crippen LogP) is 5.23. The molecule has 0 unspecified atom stereocenters. The summed E-state index contributed by atoms with van der Waals surface area (Å²) in [6.45, 7) is 5.58. The number of rotatable bonds is 8. The summed E-state index contributed by atoms with van der Waals surface area (Å²) in [5.74, 6) is 1.04. The Bertz CT molecular complexity index is 1320. The summed E-state index contributed by atoms with van der Waals surface area (Å²) in [6, 6.07) is 24.4. The number of carbonyl (C=O) groups excluding carboxylic acids is 1. The number of hydrogen-bond donors (Lipinski definition) is 1. The van der Waals surface area contributed by atoms with Gasteiger partial charge in [-0.1, -0.05) is 42.5 Å². The number of halogens is 1. The van der Waals surface area contributed by atoms with Gasteiger partial charge in [-0.05, 0) is 73.5 Å². The minimum absolute atomic E-state index is 0.0479. The highest BCUT2D eigenvalue weighted by molar-refractivity contribution is 5.90. The lowest BCUT2D eigenvalue weighted by atomic mass is 9.85. The summed E-state index contributed by atoms with van der Waals surface area (Å²) in [5.41, 5.74) is 4.44. The Labute approximate surface area is 243 Å². The van der Waals surface area contributed by atoms with Gasteiger partial charge in [0, 0.05) is 63.0 Å². The van der Waals surface area contributed by atoms with Crippen molar-refractivity contribution in [1.82, 2.24) is 9.80 Å². The van der Waals surface area contributed by atoms with Crippen molar-refractivity contribution in [2.24, 2.45) is 5.92 Å². The van der Waals surface area contributed by atoms with Crippen LogP contribution in [0.5, 0.6) is 5.75 Å². The molecule has 216 valence electrons. The number of amides is 1. The molecule has 7 heteroatoms. The van der Waals surface area contributed by atoms with Crippen LogP contribution in [-0.4, -0.2) is 74.2 Å². The van der Waals surface area contributed by atoms with Gasteiger partial charge >= 0.3 is 0 Å². The van der Waals surface area contributed by atoms with Gasteiger partial charge in [0.1, 0.15) is 11.6 Å².